The molecule has 6 heteroatoms. The van der Waals surface area contributed by atoms with Crippen LogP contribution in [0.1, 0.15) is 26.7 Å². The second-order valence-electron chi connectivity index (χ2n) is 5.28. The van der Waals surface area contributed by atoms with Gasteiger partial charge < -0.3 is 5.73 Å². The van der Waals surface area contributed by atoms with Gasteiger partial charge in [0.2, 0.25) is 10.0 Å². The molecule has 0 heterocycles. The van der Waals surface area contributed by atoms with Crippen molar-refractivity contribution in [1.29, 1.82) is 0 Å². The molecular formula is C12H17FN2O2S. The van der Waals surface area contributed by atoms with Crippen molar-refractivity contribution >= 4 is 15.7 Å². The Kier molecular flexibility index (Phi) is 3.11. The van der Waals surface area contributed by atoms with E-state index in [0.29, 0.717) is 5.92 Å². The van der Waals surface area contributed by atoms with Crippen LogP contribution in [0, 0.1) is 11.7 Å². The van der Waals surface area contributed by atoms with E-state index in [1.807, 2.05) is 13.8 Å². The molecule has 0 aromatic heterocycles. The molecule has 0 atom stereocenters. The zero-order valence-electron chi connectivity index (χ0n) is 10.4. The van der Waals surface area contributed by atoms with Crippen molar-refractivity contribution in [2.75, 3.05) is 5.73 Å². The Morgan fingerprint density at radius 3 is 2.50 bits per heavy atom. The quantitative estimate of drug-likeness (QED) is 0.822. The molecule has 2 rings (SSSR count). The third-order valence-corrected chi connectivity index (χ3v) is 4.94. The van der Waals surface area contributed by atoms with Crippen molar-refractivity contribution in [1.82, 2.24) is 4.72 Å². The molecule has 3 N–H and O–H groups in total. The van der Waals surface area contributed by atoms with E-state index in [4.69, 9.17) is 5.73 Å². The molecule has 1 aliphatic carbocycles. The van der Waals surface area contributed by atoms with Gasteiger partial charge in [0, 0.05) is 5.54 Å². The van der Waals surface area contributed by atoms with Gasteiger partial charge in [0.15, 0.2) is 0 Å². The molecule has 1 aromatic carbocycles. The van der Waals surface area contributed by atoms with E-state index < -0.39 is 21.4 Å². The first kappa shape index (κ1) is 13.3. The van der Waals surface area contributed by atoms with Gasteiger partial charge in [-0.15, -0.1) is 0 Å². The summed E-state index contributed by atoms with van der Waals surface area (Å²) in [5.41, 5.74) is 4.74. The van der Waals surface area contributed by atoms with Crippen LogP contribution in [0.25, 0.3) is 0 Å². The summed E-state index contributed by atoms with van der Waals surface area (Å²) in [6.07, 6.45) is 2.06. The molecule has 18 heavy (non-hydrogen) atoms. The van der Waals surface area contributed by atoms with Gasteiger partial charge in [0.05, 0.1) is 10.6 Å². The number of sulfonamides is 1. The van der Waals surface area contributed by atoms with Gasteiger partial charge in [-0.1, -0.05) is 0 Å². The highest BCUT2D eigenvalue weighted by Gasteiger charge is 2.40. The predicted molar refractivity (Wildman–Crippen MR) is 67.9 cm³/mol. The third kappa shape index (κ3) is 2.64. The standard InChI is InChI=1S/C12H17FN2O2S/c1-12(2,8-3-4-8)15-18(16,17)9-5-6-10(13)11(14)7-9/h5-8,15H,3-4,14H2,1-2H3. The summed E-state index contributed by atoms with van der Waals surface area (Å²) in [4.78, 5) is -0.00451. The largest absolute Gasteiger partial charge is 0.396 e. The average molecular weight is 272 g/mol. The maximum absolute atomic E-state index is 13.0. The highest BCUT2D eigenvalue weighted by atomic mass is 32.2. The Labute approximate surface area is 106 Å². The van der Waals surface area contributed by atoms with Crippen molar-refractivity contribution < 1.29 is 12.8 Å². The van der Waals surface area contributed by atoms with Crippen molar-refractivity contribution in [3.8, 4) is 0 Å². The summed E-state index contributed by atoms with van der Waals surface area (Å²) >= 11 is 0. The minimum absolute atomic E-state index is 0.00451. The van der Waals surface area contributed by atoms with E-state index in [-0.39, 0.29) is 10.6 Å². The SMILES string of the molecule is CC(C)(NS(=O)(=O)c1ccc(F)c(N)c1)C1CC1. The van der Waals surface area contributed by atoms with E-state index in [2.05, 4.69) is 4.72 Å². The fraction of sp³-hybridized carbons (Fsp3) is 0.500. The third-order valence-electron chi connectivity index (χ3n) is 3.27. The van der Waals surface area contributed by atoms with E-state index >= 15 is 0 Å². The Morgan fingerprint density at radius 1 is 1.39 bits per heavy atom. The zero-order chi connectivity index (χ0) is 13.6. The number of nitrogens with two attached hydrogens (primary N) is 1. The summed E-state index contributed by atoms with van der Waals surface area (Å²) in [7, 11) is -3.66. The lowest BCUT2D eigenvalue weighted by Gasteiger charge is -2.25. The summed E-state index contributed by atoms with van der Waals surface area (Å²) in [5, 5.41) is 0. The van der Waals surface area contributed by atoms with Gasteiger partial charge in [-0.25, -0.2) is 17.5 Å². The highest BCUT2D eigenvalue weighted by Crippen LogP contribution is 2.40. The average Bonchev–Trinajstić information content (AvgIpc) is 3.03. The van der Waals surface area contributed by atoms with E-state index in [0.717, 1.165) is 25.0 Å². The Morgan fingerprint density at radius 2 is 2.00 bits per heavy atom. The molecule has 0 amide bonds. The van der Waals surface area contributed by atoms with Gasteiger partial charge >= 0.3 is 0 Å². The Hall–Kier alpha value is -1.14. The van der Waals surface area contributed by atoms with Gasteiger partial charge in [-0.05, 0) is 50.8 Å². The van der Waals surface area contributed by atoms with E-state index in [1.54, 1.807) is 0 Å². The summed E-state index contributed by atoms with van der Waals surface area (Å²) in [5.74, 6) is -0.250. The lowest BCUT2D eigenvalue weighted by molar-refractivity contribution is 0.400. The van der Waals surface area contributed by atoms with Gasteiger partial charge in [-0.3, -0.25) is 0 Å². The van der Waals surface area contributed by atoms with Gasteiger partial charge in [0.1, 0.15) is 5.82 Å². The number of benzene rings is 1. The smallest absolute Gasteiger partial charge is 0.241 e. The molecule has 1 aromatic rings. The van der Waals surface area contributed by atoms with E-state index in [9.17, 15) is 12.8 Å². The molecule has 0 unspecified atom stereocenters. The number of nitrogen functional groups attached to an aromatic ring is 1. The molecule has 1 aliphatic rings. The monoisotopic (exact) mass is 272 g/mol. The normalized spacial score (nSPS) is 16.8. The minimum Gasteiger partial charge on any atom is -0.396 e. The van der Waals surface area contributed by atoms with Crippen LogP contribution in [0.15, 0.2) is 23.1 Å². The van der Waals surface area contributed by atoms with Crippen molar-refractivity contribution in [2.45, 2.75) is 37.1 Å². The first-order valence-corrected chi connectivity index (χ1v) is 7.30. The molecule has 0 aliphatic heterocycles. The Bertz CT molecular complexity index is 565. The van der Waals surface area contributed by atoms with Crippen LogP contribution in [0.4, 0.5) is 10.1 Å². The second kappa shape index (κ2) is 4.20. The summed E-state index contributed by atoms with van der Waals surface area (Å²) in [6, 6.07) is 3.42. The molecule has 4 nitrogen and oxygen atoms in total. The van der Waals surface area contributed by atoms with Crippen molar-refractivity contribution in [3.63, 3.8) is 0 Å². The molecule has 0 spiro atoms. The fourth-order valence-electron chi connectivity index (χ4n) is 1.98. The molecule has 0 bridgehead atoms. The van der Waals surface area contributed by atoms with Crippen LogP contribution in [0.5, 0.6) is 0 Å². The number of rotatable bonds is 4. The lowest BCUT2D eigenvalue weighted by Crippen LogP contribution is -2.45. The number of hydrogen-bond acceptors (Lipinski definition) is 3. The number of nitrogens with one attached hydrogen (secondary N) is 1. The molecule has 0 radical (unpaired) electrons. The van der Waals surface area contributed by atoms with Gasteiger partial charge in [-0.2, -0.15) is 0 Å². The highest BCUT2D eigenvalue weighted by molar-refractivity contribution is 7.89. The van der Waals surface area contributed by atoms with Crippen LogP contribution < -0.4 is 10.5 Å². The maximum Gasteiger partial charge on any atom is 0.241 e. The molecule has 1 fully saturated rings. The fourth-order valence-corrected chi connectivity index (χ4v) is 3.49. The molecule has 100 valence electrons. The summed E-state index contributed by atoms with van der Waals surface area (Å²) in [6.45, 7) is 3.71. The molecular weight excluding hydrogens is 255 g/mol. The Balaban J connectivity index is 2.27. The van der Waals surface area contributed by atoms with E-state index in [1.165, 1.54) is 6.07 Å². The minimum atomic E-state index is -3.66. The number of hydrogen-bond donors (Lipinski definition) is 2. The van der Waals surface area contributed by atoms with Crippen LogP contribution in [-0.4, -0.2) is 14.0 Å². The topological polar surface area (TPSA) is 72.2 Å². The molecule has 0 saturated heterocycles. The second-order valence-corrected chi connectivity index (χ2v) is 6.97. The molecule has 1 saturated carbocycles. The van der Waals surface area contributed by atoms with Crippen molar-refractivity contribution in [3.05, 3.63) is 24.0 Å². The van der Waals surface area contributed by atoms with Crippen LogP contribution >= 0.6 is 0 Å². The number of halogens is 1. The van der Waals surface area contributed by atoms with Crippen LogP contribution in [0.2, 0.25) is 0 Å². The first-order chi connectivity index (χ1) is 8.22. The maximum atomic E-state index is 13.0. The number of anilines is 1. The predicted octanol–water partition coefficient (Wildman–Crippen LogP) is 1.87. The lowest BCUT2D eigenvalue weighted by atomic mass is 10.0. The van der Waals surface area contributed by atoms with Crippen LogP contribution in [-0.2, 0) is 10.0 Å². The summed E-state index contributed by atoms with van der Waals surface area (Å²) < 4.78 is 40.0. The van der Waals surface area contributed by atoms with Crippen LogP contribution in [0.3, 0.4) is 0 Å². The zero-order valence-corrected chi connectivity index (χ0v) is 11.2. The van der Waals surface area contributed by atoms with Gasteiger partial charge in [0.25, 0.3) is 0 Å². The first-order valence-electron chi connectivity index (χ1n) is 5.81. The van der Waals surface area contributed by atoms with Crippen molar-refractivity contribution in [2.24, 2.45) is 5.92 Å².